The minimum Gasteiger partial charge on any atom is -0.490 e. The van der Waals surface area contributed by atoms with Crippen LogP contribution in [-0.2, 0) is 17.9 Å². The third-order valence-electron chi connectivity index (χ3n) is 4.57. The van der Waals surface area contributed by atoms with Crippen molar-refractivity contribution in [2.75, 3.05) is 6.61 Å². The van der Waals surface area contributed by atoms with E-state index >= 15 is 0 Å². The quantitative estimate of drug-likeness (QED) is 0.314. The van der Waals surface area contributed by atoms with E-state index in [-0.39, 0.29) is 35.1 Å². The van der Waals surface area contributed by atoms with Crippen molar-refractivity contribution < 1.29 is 28.6 Å². The number of rotatable bonds is 10. The summed E-state index contributed by atoms with van der Waals surface area (Å²) in [7, 11) is 0. The highest BCUT2D eigenvalue weighted by molar-refractivity contribution is 6.32. The maximum atomic E-state index is 12.4. The monoisotopic (exact) mass is 480 g/mol. The van der Waals surface area contributed by atoms with Crippen molar-refractivity contribution >= 4 is 29.6 Å². The van der Waals surface area contributed by atoms with Gasteiger partial charge in [-0.3, -0.25) is 4.79 Å². The molecule has 0 aliphatic carbocycles. The van der Waals surface area contributed by atoms with Crippen molar-refractivity contribution in [3.8, 4) is 17.6 Å². The first-order valence-electron chi connectivity index (χ1n) is 10.2. The smallest absolute Gasteiger partial charge is 0.335 e. The Morgan fingerprint density at radius 3 is 2.71 bits per heavy atom. The number of aromatic carboxylic acids is 1. The zero-order valence-corrected chi connectivity index (χ0v) is 19.0. The van der Waals surface area contributed by atoms with Crippen molar-refractivity contribution in [1.82, 2.24) is 5.32 Å². The van der Waals surface area contributed by atoms with E-state index < -0.39 is 11.9 Å². The SMILES string of the molecule is CCOc1cc(/C=C(/C#N)C(=O)NCc2ccco2)cc(Cl)c1OCc1cccc(C(=O)O)c1. The molecule has 0 atom stereocenters. The zero-order chi connectivity index (χ0) is 24.5. The maximum Gasteiger partial charge on any atom is 0.335 e. The van der Waals surface area contributed by atoms with Gasteiger partial charge in [0.25, 0.3) is 5.91 Å². The molecule has 0 aliphatic rings. The fourth-order valence-electron chi connectivity index (χ4n) is 3.01. The van der Waals surface area contributed by atoms with E-state index in [9.17, 15) is 14.9 Å². The number of carboxylic acids is 1. The largest absolute Gasteiger partial charge is 0.490 e. The van der Waals surface area contributed by atoms with Crippen LogP contribution in [0.2, 0.25) is 5.02 Å². The number of hydrogen-bond acceptors (Lipinski definition) is 6. The van der Waals surface area contributed by atoms with Gasteiger partial charge in [0.05, 0.1) is 30.0 Å². The van der Waals surface area contributed by atoms with Gasteiger partial charge in [0.2, 0.25) is 0 Å². The molecule has 3 aromatic rings. The summed E-state index contributed by atoms with van der Waals surface area (Å²) in [6.45, 7) is 2.32. The zero-order valence-electron chi connectivity index (χ0n) is 18.2. The summed E-state index contributed by atoms with van der Waals surface area (Å²) >= 11 is 6.43. The fraction of sp³-hybridized carbons (Fsp3) is 0.160. The molecule has 9 heteroatoms. The van der Waals surface area contributed by atoms with E-state index in [1.165, 1.54) is 24.5 Å². The number of amides is 1. The van der Waals surface area contributed by atoms with E-state index in [0.717, 1.165) is 0 Å². The molecule has 0 saturated carbocycles. The Hall–Kier alpha value is -4.22. The number of nitrogens with zero attached hydrogens (tertiary/aromatic N) is 1. The minimum atomic E-state index is -1.03. The predicted octanol–water partition coefficient (Wildman–Crippen LogP) is 4.83. The maximum absolute atomic E-state index is 12.4. The van der Waals surface area contributed by atoms with Crippen LogP contribution in [0, 0.1) is 11.3 Å². The van der Waals surface area contributed by atoms with Crippen LogP contribution in [-0.4, -0.2) is 23.6 Å². The molecule has 3 rings (SSSR count). The van der Waals surface area contributed by atoms with E-state index in [4.69, 9.17) is 30.6 Å². The van der Waals surface area contributed by atoms with Crippen molar-refractivity contribution in [3.05, 3.63) is 87.8 Å². The Balaban J connectivity index is 1.80. The average molecular weight is 481 g/mol. The highest BCUT2D eigenvalue weighted by atomic mass is 35.5. The molecule has 0 unspecified atom stereocenters. The summed E-state index contributed by atoms with van der Waals surface area (Å²) in [5, 5.41) is 21.4. The van der Waals surface area contributed by atoms with Crippen LogP contribution in [0.4, 0.5) is 0 Å². The molecular weight excluding hydrogens is 460 g/mol. The lowest BCUT2D eigenvalue weighted by molar-refractivity contribution is -0.117. The van der Waals surface area contributed by atoms with Crippen LogP contribution >= 0.6 is 11.6 Å². The molecule has 1 heterocycles. The molecular formula is C25H21ClN2O6. The summed E-state index contributed by atoms with van der Waals surface area (Å²) in [6.07, 6.45) is 2.89. The first-order chi connectivity index (χ1) is 16.4. The van der Waals surface area contributed by atoms with E-state index in [2.05, 4.69) is 5.32 Å². The van der Waals surface area contributed by atoms with Gasteiger partial charge in [-0.2, -0.15) is 5.26 Å². The van der Waals surface area contributed by atoms with E-state index in [1.54, 1.807) is 43.3 Å². The number of nitrogens with one attached hydrogen (secondary N) is 1. The van der Waals surface area contributed by atoms with Crippen LogP contribution in [0.25, 0.3) is 6.08 Å². The Morgan fingerprint density at radius 1 is 1.21 bits per heavy atom. The van der Waals surface area contributed by atoms with E-state index in [1.807, 2.05) is 6.07 Å². The lowest BCUT2D eigenvalue weighted by atomic mass is 10.1. The number of carboxylic acid groups (broad SMARTS) is 1. The number of nitriles is 1. The normalized spacial score (nSPS) is 10.9. The Kier molecular flexibility index (Phi) is 8.32. The Labute approximate surface area is 201 Å². The number of hydrogen-bond donors (Lipinski definition) is 2. The molecule has 2 aromatic carbocycles. The summed E-state index contributed by atoms with van der Waals surface area (Å²) in [5.74, 6) is -0.451. The molecule has 2 N–H and O–H groups in total. The molecule has 0 saturated heterocycles. The highest BCUT2D eigenvalue weighted by Gasteiger charge is 2.15. The van der Waals surface area contributed by atoms with E-state index in [0.29, 0.717) is 29.2 Å². The first-order valence-corrected chi connectivity index (χ1v) is 10.6. The molecule has 0 bridgehead atoms. The summed E-state index contributed by atoms with van der Waals surface area (Å²) in [4.78, 5) is 23.6. The molecule has 1 amide bonds. The number of carbonyl (C=O) groups excluding carboxylic acids is 1. The van der Waals surface area contributed by atoms with Gasteiger partial charge in [-0.25, -0.2) is 4.79 Å². The molecule has 1 aromatic heterocycles. The molecule has 0 spiro atoms. The van der Waals surface area contributed by atoms with Crippen molar-refractivity contribution in [3.63, 3.8) is 0 Å². The van der Waals surface area contributed by atoms with Gasteiger partial charge in [-0.15, -0.1) is 0 Å². The second kappa shape index (κ2) is 11.6. The standard InChI is InChI=1S/C25H21ClN2O6/c1-2-32-22-12-17(10-19(13-27)24(29)28-14-20-7-4-8-33-20)11-21(26)23(22)34-15-16-5-3-6-18(9-16)25(30)31/h3-12H,2,14-15H2,1H3,(H,28,29)(H,30,31)/b19-10-. The summed E-state index contributed by atoms with van der Waals surface area (Å²) < 4.78 is 16.6. The van der Waals surface area contributed by atoms with Gasteiger partial charge in [0.1, 0.15) is 24.0 Å². The van der Waals surface area contributed by atoms with Crippen molar-refractivity contribution in [1.29, 1.82) is 5.26 Å². The van der Waals surface area contributed by atoms with Gasteiger partial charge >= 0.3 is 5.97 Å². The Morgan fingerprint density at radius 2 is 2.03 bits per heavy atom. The topological polar surface area (TPSA) is 122 Å². The van der Waals surface area contributed by atoms with Crippen molar-refractivity contribution in [2.24, 2.45) is 0 Å². The van der Waals surface area contributed by atoms with Gasteiger partial charge in [0.15, 0.2) is 11.5 Å². The van der Waals surface area contributed by atoms with Gasteiger partial charge in [-0.05, 0) is 60.5 Å². The Bertz CT molecular complexity index is 1240. The van der Waals surface area contributed by atoms with Gasteiger partial charge in [-0.1, -0.05) is 23.7 Å². The number of furan rings is 1. The van der Waals surface area contributed by atoms with Crippen LogP contribution in [0.3, 0.4) is 0 Å². The first kappa shape index (κ1) is 24.4. The third kappa shape index (κ3) is 6.40. The van der Waals surface area contributed by atoms with Gasteiger partial charge in [0, 0.05) is 0 Å². The highest BCUT2D eigenvalue weighted by Crippen LogP contribution is 2.38. The van der Waals surface area contributed by atoms with Crippen LogP contribution in [0.1, 0.15) is 34.2 Å². The molecule has 0 radical (unpaired) electrons. The second-order valence-corrected chi connectivity index (χ2v) is 7.40. The number of benzene rings is 2. The lowest BCUT2D eigenvalue weighted by Crippen LogP contribution is -2.23. The molecule has 0 fully saturated rings. The van der Waals surface area contributed by atoms with Crippen LogP contribution < -0.4 is 14.8 Å². The molecule has 0 aliphatic heterocycles. The predicted molar refractivity (Wildman–Crippen MR) is 124 cm³/mol. The van der Waals surface area contributed by atoms with Crippen LogP contribution in [0.15, 0.2) is 64.8 Å². The number of halogens is 1. The fourth-order valence-corrected chi connectivity index (χ4v) is 3.29. The summed E-state index contributed by atoms with van der Waals surface area (Å²) in [6, 6.07) is 14.8. The molecule has 34 heavy (non-hydrogen) atoms. The number of carbonyl (C=O) groups is 2. The van der Waals surface area contributed by atoms with Crippen LogP contribution in [0.5, 0.6) is 11.5 Å². The molecule has 174 valence electrons. The number of ether oxygens (including phenoxy) is 2. The third-order valence-corrected chi connectivity index (χ3v) is 4.85. The summed E-state index contributed by atoms with van der Waals surface area (Å²) in [5.41, 5.74) is 1.14. The average Bonchev–Trinajstić information content (AvgIpc) is 3.34. The van der Waals surface area contributed by atoms with Crippen molar-refractivity contribution in [2.45, 2.75) is 20.1 Å². The molecule has 8 nitrogen and oxygen atoms in total. The van der Waals surface area contributed by atoms with Gasteiger partial charge < -0.3 is 24.3 Å². The minimum absolute atomic E-state index is 0.0642. The lowest BCUT2D eigenvalue weighted by Gasteiger charge is -2.15. The second-order valence-electron chi connectivity index (χ2n) is 6.99.